The van der Waals surface area contributed by atoms with E-state index in [0.717, 1.165) is 25.9 Å². The van der Waals surface area contributed by atoms with Crippen molar-refractivity contribution in [3.63, 3.8) is 0 Å². The SMILES string of the molecule is CC(N)CCC(=O)NCC1CCCO1.Cl. The average molecular weight is 237 g/mol. The van der Waals surface area contributed by atoms with Gasteiger partial charge in [-0.15, -0.1) is 12.4 Å². The predicted molar refractivity (Wildman–Crippen MR) is 62.1 cm³/mol. The van der Waals surface area contributed by atoms with Gasteiger partial charge >= 0.3 is 0 Å². The molecule has 1 saturated heterocycles. The van der Waals surface area contributed by atoms with Crippen LogP contribution in [-0.4, -0.2) is 31.2 Å². The van der Waals surface area contributed by atoms with Crippen molar-refractivity contribution in [1.29, 1.82) is 0 Å². The summed E-state index contributed by atoms with van der Waals surface area (Å²) in [4.78, 5) is 11.3. The molecular formula is C10H21ClN2O2. The highest BCUT2D eigenvalue weighted by Gasteiger charge is 2.15. The molecule has 0 aromatic heterocycles. The second-order valence-corrected chi connectivity index (χ2v) is 3.96. The molecule has 0 saturated carbocycles. The van der Waals surface area contributed by atoms with E-state index in [2.05, 4.69) is 5.32 Å². The molecule has 1 fully saturated rings. The van der Waals surface area contributed by atoms with E-state index in [9.17, 15) is 4.79 Å². The first kappa shape index (κ1) is 14.7. The smallest absolute Gasteiger partial charge is 0.220 e. The summed E-state index contributed by atoms with van der Waals surface area (Å²) in [5, 5.41) is 2.86. The van der Waals surface area contributed by atoms with E-state index in [1.165, 1.54) is 0 Å². The molecule has 15 heavy (non-hydrogen) atoms. The van der Waals surface area contributed by atoms with E-state index in [-0.39, 0.29) is 30.5 Å². The lowest BCUT2D eigenvalue weighted by molar-refractivity contribution is -0.121. The van der Waals surface area contributed by atoms with Gasteiger partial charge in [-0.1, -0.05) is 0 Å². The molecule has 0 aromatic rings. The number of hydrogen-bond acceptors (Lipinski definition) is 3. The van der Waals surface area contributed by atoms with Crippen molar-refractivity contribution in [2.24, 2.45) is 5.73 Å². The fourth-order valence-corrected chi connectivity index (χ4v) is 1.48. The fourth-order valence-electron chi connectivity index (χ4n) is 1.48. The minimum absolute atomic E-state index is 0. The van der Waals surface area contributed by atoms with Gasteiger partial charge in [-0.25, -0.2) is 0 Å². The van der Waals surface area contributed by atoms with Gasteiger partial charge in [0, 0.05) is 25.6 Å². The average Bonchev–Trinajstić information content (AvgIpc) is 2.63. The summed E-state index contributed by atoms with van der Waals surface area (Å²) in [7, 11) is 0. The zero-order valence-electron chi connectivity index (χ0n) is 9.20. The van der Waals surface area contributed by atoms with Crippen LogP contribution < -0.4 is 11.1 Å². The highest BCUT2D eigenvalue weighted by Crippen LogP contribution is 2.10. The second-order valence-electron chi connectivity index (χ2n) is 3.96. The zero-order valence-corrected chi connectivity index (χ0v) is 10.0. The Morgan fingerprint density at radius 2 is 2.40 bits per heavy atom. The molecule has 2 unspecified atom stereocenters. The quantitative estimate of drug-likeness (QED) is 0.743. The first-order valence-corrected chi connectivity index (χ1v) is 5.32. The Labute approximate surface area is 97.3 Å². The number of ether oxygens (including phenoxy) is 1. The lowest BCUT2D eigenvalue weighted by Gasteiger charge is -2.11. The highest BCUT2D eigenvalue weighted by atomic mass is 35.5. The summed E-state index contributed by atoms with van der Waals surface area (Å²) in [6.45, 7) is 3.39. The highest BCUT2D eigenvalue weighted by molar-refractivity contribution is 5.85. The van der Waals surface area contributed by atoms with Crippen LogP contribution in [0.3, 0.4) is 0 Å². The van der Waals surface area contributed by atoms with Crippen LogP contribution in [0.1, 0.15) is 32.6 Å². The Kier molecular flexibility index (Phi) is 7.74. The third kappa shape index (κ3) is 6.71. The Bertz CT molecular complexity index is 182. The van der Waals surface area contributed by atoms with Gasteiger partial charge in [0.25, 0.3) is 0 Å². The molecule has 1 rings (SSSR count). The molecule has 0 bridgehead atoms. The van der Waals surface area contributed by atoms with Crippen molar-refractivity contribution in [2.75, 3.05) is 13.2 Å². The van der Waals surface area contributed by atoms with E-state index < -0.39 is 0 Å². The number of carbonyl (C=O) groups is 1. The topological polar surface area (TPSA) is 64.4 Å². The maximum absolute atomic E-state index is 11.3. The third-order valence-electron chi connectivity index (χ3n) is 2.38. The van der Waals surface area contributed by atoms with Crippen LogP contribution in [0.25, 0.3) is 0 Å². The third-order valence-corrected chi connectivity index (χ3v) is 2.38. The Balaban J connectivity index is 0.00000196. The minimum atomic E-state index is 0. The number of carbonyl (C=O) groups excluding carboxylic acids is 1. The standard InChI is InChI=1S/C10H20N2O2.ClH/c1-8(11)4-5-10(13)12-7-9-3-2-6-14-9;/h8-9H,2-7,11H2,1H3,(H,12,13);1H. The van der Waals surface area contributed by atoms with Gasteiger partial charge in [0.2, 0.25) is 5.91 Å². The van der Waals surface area contributed by atoms with Gasteiger partial charge in [0.05, 0.1) is 6.10 Å². The summed E-state index contributed by atoms with van der Waals surface area (Å²) in [6, 6.07) is 0.100. The summed E-state index contributed by atoms with van der Waals surface area (Å²) in [5.41, 5.74) is 5.55. The van der Waals surface area contributed by atoms with Gasteiger partial charge in [-0.3, -0.25) is 4.79 Å². The van der Waals surface area contributed by atoms with Crippen molar-refractivity contribution in [3.05, 3.63) is 0 Å². The number of rotatable bonds is 5. The molecule has 0 aromatic carbocycles. The van der Waals surface area contributed by atoms with Crippen LogP contribution in [-0.2, 0) is 9.53 Å². The molecule has 1 aliphatic rings. The first-order chi connectivity index (χ1) is 6.68. The molecule has 3 N–H and O–H groups in total. The van der Waals surface area contributed by atoms with Gasteiger partial charge in [-0.2, -0.15) is 0 Å². The molecule has 0 spiro atoms. The minimum Gasteiger partial charge on any atom is -0.376 e. The number of nitrogens with two attached hydrogens (primary N) is 1. The van der Waals surface area contributed by atoms with E-state index in [1.807, 2.05) is 6.92 Å². The van der Waals surface area contributed by atoms with Gasteiger partial charge in [0.15, 0.2) is 0 Å². The van der Waals surface area contributed by atoms with Crippen molar-refractivity contribution >= 4 is 18.3 Å². The maximum atomic E-state index is 11.3. The second kappa shape index (κ2) is 7.91. The molecule has 2 atom stereocenters. The Morgan fingerprint density at radius 3 is 2.93 bits per heavy atom. The predicted octanol–water partition coefficient (Wildman–Crippen LogP) is 0.831. The summed E-state index contributed by atoms with van der Waals surface area (Å²) >= 11 is 0. The van der Waals surface area contributed by atoms with Crippen LogP contribution in [0.15, 0.2) is 0 Å². The summed E-state index contributed by atoms with van der Waals surface area (Å²) < 4.78 is 5.39. The molecule has 1 amide bonds. The summed E-state index contributed by atoms with van der Waals surface area (Å²) in [6.07, 6.45) is 3.67. The number of hydrogen-bond donors (Lipinski definition) is 2. The van der Waals surface area contributed by atoms with Crippen LogP contribution in [0, 0.1) is 0 Å². The molecule has 0 radical (unpaired) electrons. The Morgan fingerprint density at radius 1 is 1.67 bits per heavy atom. The molecule has 5 heteroatoms. The van der Waals surface area contributed by atoms with Crippen molar-refractivity contribution in [2.45, 2.75) is 44.8 Å². The Hall–Kier alpha value is -0.320. The normalized spacial score (nSPS) is 21.9. The van der Waals surface area contributed by atoms with Gasteiger partial charge in [-0.05, 0) is 26.2 Å². The number of amides is 1. The van der Waals surface area contributed by atoms with Crippen molar-refractivity contribution in [1.82, 2.24) is 5.32 Å². The molecule has 0 aliphatic carbocycles. The van der Waals surface area contributed by atoms with E-state index >= 15 is 0 Å². The fraction of sp³-hybridized carbons (Fsp3) is 0.900. The van der Waals surface area contributed by atoms with Crippen molar-refractivity contribution in [3.8, 4) is 0 Å². The van der Waals surface area contributed by atoms with Crippen LogP contribution in [0.5, 0.6) is 0 Å². The maximum Gasteiger partial charge on any atom is 0.220 e. The van der Waals surface area contributed by atoms with E-state index in [1.54, 1.807) is 0 Å². The van der Waals surface area contributed by atoms with Crippen LogP contribution >= 0.6 is 12.4 Å². The summed E-state index contributed by atoms with van der Waals surface area (Å²) in [5.74, 6) is 0.0813. The lowest BCUT2D eigenvalue weighted by Crippen LogP contribution is -2.32. The lowest BCUT2D eigenvalue weighted by atomic mass is 10.2. The van der Waals surface area contributed by atoms with E-state index in [0.29, 0.717) is 13.0 Å². The zero-order chi connectivity index (χ0) is 10.4. The molecule has 4 nitrogen and oxygen atoms in total. The van der Waals surface area contributed by atoms with E-state index in [4.69, 9.17) is 10.5 Å². The van der Waals surface area contributed by atoms with Crippen LogP contribution in [0.4, 0.5) is 0 Å². The number of halogens is 1. The van der Waals surface area contributed by atoms with Crippen molar-refractivity contribution < 1.29 is 9.53 Å². The largest absolute Gasteiger partial charge is 0.376 e. The van der Waals surface area contributed by atoms with Crippen LogP contribution in [0.2, 0.25) is 0 Å². The monoisotopic (exact) mass is 236 g/mol. The van der Waals surface area contributed by atoms with Gasteiger partial charge < -0.3 is 15.8 Å². The molecular weight excluding hydrogens is 216 g/mol. The first-order valence-electron chi connectivity index (χ1n) is 5.32. The molecule has 90 valence electrons. The molecule has 1 heterocycles. The number of nitrogens with one attached hydrogen (secondary N) is 1. The van der Waals surface area contributed by atoms with Gasteiger partial charge in [0.1, 0.15) is 0 Å². The molecule has 1 aliphatic heterocycles.